The Kier molecular flexibility index (Phi) is 5.73. The summed E-state index contributed by atoms with van der Waals surface area (Å²) < 4.78 is 31.1. The molecule has 0 saturated carbocycles. The van der Waals surface area contributed by atoms with Crippen molar-refractivity contribution in [1.82, 2.24) is 0 Å². The zero-order valence-corrected chi connectivity index (χ0v) is 15.5. The van der Waals surface area contributed by atoms with Crippen molar-refractivity contribution >= 4 is 39.8 Å². The number of rotatable bonds is 4. The Hall–Kier alpha value is -2.50. The van der Waals surface area contributed by atoms with Crippen LogP contribution in [0.5, 0.6) is 0 Å². The van der Waals surface area contributed by atoms with Crippen molar-refractivity contribution in [2.75, 3.05) is 11.9 Å². The van der Waals surface area contributed by atoms with Crippen LogP contribution in [0.25, 0.3) is 0 Å². The second kappa shape index (κ2) is 8.03. The number of amides is 1. The van der Waals surface area contributed by atoms with E-state index in [0.29, 0.717) is 22.7 Å². The molecular weight excluding hydrogens is 398 g/mol. The van der Waals surface area contributed by atoms with E-state index in [-0.39, 0.29) is 10.6 Å². The number of hydrogen-bond acceptors (Lipinski definition) is 5. The lowest BCUT2D eigenvalue weighted by Gasteiger charge is -2.09. The fraction of sp³-hybridized carbons (Fsp3) is 0.278. The average molecular weight is 411 g/mol. The third-order valence-electron chi connectivity index (χ3n) is 4.10. The van der Waals surface area contributed by atoms with Gasteiger partial charge in [0.05, 0.1) is 16.1 Å². The highest BCUT2D eigenvalue weighted by atomic mass is 35.5. The van der Waals surface area contributed by atoms with Crippen LogP contribution in [0.3, 0.4) is 0 Å². The number of thiophene rings is 1. The Bertz CT molecular complexity index is 968. The number of nitrogens with zero attached hydrogens (tertiary/aromatic N) is 1. The van der Waals surface area contributed by atoms with E-state index in [4.69, 9.17) is 16.3 Å². The van der Waals surface area contributed by atoms with Gasteiger partial charge in [0.1, 0.15) is 11.1 Å². The number of carbonyl (C=O) groups is 2. The third kappa shape index (κ3) is 4.10. The fourth-order valence-corrected chi connectivity index (χ4v) is 4.31. The first kappa shape index (κ1) is 19.3. The second-order valence-electron chi connectivity index (χ2n) is 5.90. The van der Waals surface area contributed by atoms with Gasteiger partial charge in [-0.05, 0) is 43.4 Å². The molecule has 1 heterocycles. The van der Waals surface area contributed by atoms with Crippen LogP contribution in [0.2, 0.25) is 5.02 Å². The normalized spacial score (nSPS) is 12.8. The Balaban J connectivity index is 1.65. The van der Waals surface area contributed by atoms with Crippen molar-refractivity contribution in [2.45, 2.75) is 25.7 Å². The summed E-state index contributed by atoms with van der Waals surface area (Å²) in [5.41, 5.74) is 1.03. The van der Waals surface area contributed by atoms with Gasteiger partial charge in [0.2, 0.25) is 0 Å². The Morgan fingerprint density at radius 3 is 2.70 bits per heavy atom. The summed E-state index contributed by atoms with van der Waals surface area (Å²) >= 11 is 7.04. The predicted molar refractivity (Wildman–Crippen MR) is 96.0 cm³/mol. The van der Waals surface area contributed by atoms with Gasteiger partial charge in [0.25, 0.3) is 5.91 Å². The fourth-order valence-electron chi connectivity index (χ4n) is 2.82. The van der Waals surface area contributed by atoms with Crippen LogP contribution in [-0.2, 0) is 22.4 Å². The number of nitrogens with one attached hydrogen (secondary N) is 1. The van der Waals surface area contributed by atoms with Gasteiger partial charge < -0.3 is 10.1 Å². The number of halogens is 3. The van der Waals surface area contributed by atoms with Gasteiger partial charge >= 0.3 is 5.97 Å². The monoisotopic (exact) mass is 410 g/mol. The van der Waals surface area contributed by atoms with E-state index in [1.165, 1.54) is 11.3 Å². The Morgan fingerprint density at radius 2 is 1.96 bits per heavy atom. The van der Waals surface area contributed by atoms with Gasteiger partial charge in [-0.2, -0.15) is 5.26 Å². The van der Waals surface area contributed by atoms with Gasteiger partial charge in [-0.1, -0.05) is 11.6 Å². The SMILES string of the molecule is N#Cc1c(NC(=O)COC(=O)c2cc(F)c(F)cc2Cl)sc2c1CCCC2. The predicted octanol–water partition coefficient (Wildman–Crippen LogP) is 4.23. The van der Waals surface area contributed by atoms with Crippen LogP contribution < -0.4 is 5.32 Å². The maximum absolute atomic E-state index is 13.3. The van der Waals surface area contributed by atoms with E-state index < -0.39 is 30.1 Å². The first-order chi connectivity index (χ1) is 12.9. The molecule has 0 radical (unpaired) electrons. The summed E-state index contributed by atoms with van der Waals surface area (Å²) in [7, 11) is 0. The van der Waals surface area contributed by atoms with Crippen molar-refractivity contribution in [3.63, 3.8) is 0 Å². The zero-order valence-electron chi connectivity index (χ0n) is 13.9. The van der Waals surface area contributed by atoms with E-state index in [2.05, 4.69) is 11.4 Å². The summed E-state index contributed by atoms with van der Waals surface area (Å²) in [6.07, 6.45) is 3.71. The summed E-state index contributed by atoms with van der Waals surface area (Å²) in [6, 6.07) is 3.38. The molecule has 140 valence electrons. The molecule has 0 bridgehead atoms. The number of nitriles is 1. The van der Waals surface area contributed by atoms with Crippen LogP contribution >= 0.6 is 22.9 Å². The molecule has 0 atom stereocenters. The van der Waals surface area contributed by atoms with Gasteiger partial charge in [-0.25, -0.2) is 13.6 Å². The van der Waals surface area contributed by atoms with Gasteiger partial charge in [-0.15, -0.1) is 11.3 Å². The van der Waals surface area contributed by atoms with E-state index in [1.807, 2.05) is 0 Å². The molecule has 1 amide bonds. The molecule has 1 aliphatic carbocycles. The van der Waals surface area contributed by atoms with Crippen molar-refractivity contribution in [3.8, 4) is 6.07 Å². The largest absolute Gasteiger partial charge is 0.452 e. The third-order valence-corrected chi connectivity index (χ3v) is 5.62. The highest BCUT2D eigenvalue weighted by molar-refractivity contribution is 7.16. The topological polar surface area (TPSA) is 79.2 Å². The standard InChI is InChI=1S/C18H13ClF2N2O3S/c19-12-6-14(21)13(20)5-10(12)18(25)26-8-16(24)23-17-11(7-22)9-3-1-2-4-15(9)27-17/h5-6H,1-4,8H2,(H,23,24). The first-order valence-corrected chi connectivity index (χ1v) is 9.26. The molecule has 1 aromatic heterocycles. The Labute approximate surface area is 162 Å². The minimum atomic E-state index is -1.25. The smallest absolute Gasteiger partial charge is 0.340 e. The number of anilines is 1. The van der Waals surface area contributed by atoms with Crippen molar-refractivity contribution in [1.29, 1.82) is 5.26 Å². The number of benzene rings is 1. The number of esters is 1. The van der Waals surface area contributed by atoms with Gasteiger partial charge in [0, 0.05) is 4.88 Å². The number of aryl methyl sites for hydroxylation is 1. The summed E-state index contributed by atoms with van der Waals surface area (Å²) in [5, 5.41) is 12.0. The van der Waals surface area contributed by atoms with Crippen molar-refractivity contribution in [3.05, 3.63) is 50.4 Å². The summed E-state index contributed by atoms with van der Waals surface area (Å²) in [4.78, 5) is 25.1. The number of hydrogen-bond donors (Lipinski definition) is 1. The minimum Gasteiger partial charge on any atom is -0.452 e. The Morgan fingerprint density at radius 1 is 1.26 bits per heavy atom. The van der Waals surface area contributed by atoms with E-state index in [1.54, 1.807) is 0 Å². The summed E-state index contributed by atoms with van der Waals surface area (Å²) in [5.74, 6) is -4.14. The molecule has 0 saturated heterocycles. The molecule has 27 heavy (non-hydrogen) atoms. The molecule has 9 heteroatoms. The molecular formula is C18H13ClF2N2O3S. The molecule has 1 N–H and O–H groups in total. The van der Waals surface area contributed by atoms with E-state index >= 15 is 0 Å². The van der Waals surface area contributed by atoms with E-state index in [0.717, 1.165) is 36.1 Å². The molecule has 1 aliphatic rings. The van der Waals surface area contributed by atoms with Crippen LogP contribution in [-0.4, -0.2) is 18.5 Å². The maximum atomic E-state index is 13.3. The van der Waals surface area contributed by atoms with Crippen LogP contribution in [0.15, 0.2) is 12.1 Å². The zero-order chi connectivity index (χ0) is 19.6. The lowest BCUT2D eigenvalue weighted by Crippen LogP contribution is -2.21. The van der Waals surface area contributed by atoms with Crippen LogP contribution in [0.4, 0.5) is 13.8 Å². The molecule has 1 aromatic carbocycles. The average Bonchev–Trinajstić information content (AvgIpc) is 2.99. The molecule has 0 fully saturated rings. The van der Waals surface area contributed by atoms with Crippen LogP contribution in [0.1, 0.15) is 39.2 Å². The molecule has 3 rings (SSSR count). The van der Waals surface area contributed by atoms with Crippen molar-refractivity contribution in [2.24, 2.45) is 0 Å². The second-order valence-corrected chi connectivity index (χ2v) is 7.41. The molecule has 0 unspecified atom stereocenters. The highest BCUT2D eigenvalue weighted by Crippen LogP contribution is 2.37. The van der Waals surface area contributed by atoms with Crippen molar-refractivity contribution < 1.29 is 23.1 Å². The lowest BCUT2D eigenvalue weighted by atomic mass is 9.96. The minimum absolute atomic E-state index is 0.322. The van der Waals surface area contributed by atoms with E-state index in [9.17, 15) is 23.6 Å². The number of fused-ring (bicyclic) bond motifs is 1. The van der Waals surface area contributed by atoms with Crippen LogP contribution in [0, 0.1) is 23.0 Å². The summed E-state index contributed by atoms with van der Waals surface area (Å²) in [6.45, 7) is -0.651. The van der Waals surface area contributed by atoms with Gasteiger partial charge in [-0.3, -0.25) is 4.79 Å². The molecule has 5 nitrogen and oxygen atoms in total. The maximum Gasteiger partial charge on any atom is 0.340 e. The molecule has 0 aliphatic heterocycles. The molecule has 0 spiro atoms. The lowest BCUT2D eigenvalue weighted by molar-refractivity contribution is -0.119. The number of ether oxygens (including phenoxy) is 1. The molecule has 2 aromatic rings. The van der Waals surface area contributed by atoms with Gasteiger partial charge in [0.15, 0.2) is 18.2 Å². The highest BCUT2D eigenvalue weighted by Gasteiger charge is 2.22. The quantitative estimate of drug-likeness (QED) is 0.604. The number of carbonyl (C=O) groups excluding carboxylic acids is 2. The first-order valence-electron chi connectivity index (χ1n) is 8.07.